The van der Waals surface area contributed by atoms with Gasteiger partial charge < -0.3 is 21.1 Å². The van der Waals surface area contributed by atoms with E-state index in [9.17, 15) is 19.1 Å². The molecule has 5 rings (SSSR count). The number of hydrogen-bond donors (Lipinski definition) is 3. The number of nitrogen functional groups attached to an aromatic ring is 1. The second-order valence-electron chi connectivity index (χ2n) is 9.09. The Morgan fingerprint density at radius 2 is 1.79 bits per heavy atom. The molecule has 4 aromatic rings. The minimum Gasteiger partial charge on any atom is -0.507 e. The number of aromatic hydroxyl groups is 1. The third-order valence-corrected chi connectivity index (χ3v) is 6.88. The Hall–Kier alpha value is -4.43. The number of para-hydroxylation sites is 1. The molecule has 0 radical (unpaired) electrons. The number of phenolic OH excluding ortho intramolecular Hbond substituents is 1. The van der Waals surface area contributed by atoms with Gasteiger partial charge in [-0.25, -0.2) is 9.37 Å². The van der Waals surface area contributed by atoms with E-state index >= 15 is 0 Å². The van der Waals surface area contributed by atoms with Gasteiger partial charge in [0.25, 0.3) is 11.8 Å². The molecular weight excluding hydrogens is 507 g/mol. The second-order valence-corrected chi connectivity index (χ2v) is 9.49. The van der Waals surface area contributed by atoms with Crippen molar-refractivity contribution < 1.29 is 19.1 Å². The standard InChI is InChI=1S/C29H24ClFN4O3/c30-25-14-20(31)9-10-22(25)17-5-7-18(8-6-17)29(38)35-12-11-21(16-35)34-28(37)24-13-19(15-33-27(24)32)23-3-1-2-4-26(23)36/h1-10,13-15,21,36H,11-12,16H2,(H2,32,33)(H,34,37)/t21-/m1/s1. The summed E-state index contributed by atoms with van der Waals surface area (Å²) in [6.07, 6.45) is 2.10. The molecular formula is C29H24ClFN4O3. The molecule has 2 heterocycles. The third-order valence-electron chi connectivity index (χ3n) is 6.56. The van der Waals surface area contributed by atoms with Gasteiger partial charge in [0.15, 0.2) is 0 Å². The summed E-state index contributed by atoms with van der Waals surface area (Å²) in [6, 6.07) is 19.3. The van der Waals surface area contributed by atoms with Crippen LogP contribution in [0, 0.1) is 5.82 Å². The van der Waals surface area contributed by atoms with Crippen molar-refractivity contribution in [2.45, 2.75) is 12.5 Å². The fourth-order valence-electron chi connectivity index (χ4n) is 4.55. The van der Waals surface area contributed by atoms with E-state index in [0.29, 0.717) is 46.8 Å². The highest BCUT2D eigenvalue weighted by Crippen LogP contribution is 2.31. The summed E-state index contributed by atoms with van der Waals surface area (Å²) in [5.74, 6) is -0.810. The number of nitrogens with zero attached hydrogens (tertiary/aromatic N) is 2. The maximum absolute atomic E-state index is 13.4. The molecule has 0 bridgehead atoms. The zero-order chi connectivity index (χ0) is 26.8. The Balaban J connectivity index is 1.24. The van der Waals surface area contributed by atoms with E-state index in [0.717, 1.165) is 5.56 Å². The summed E-state index contributed by atoms with van der Waals surface area (Å²) in [4.78, 5) is 31.9. The van der Waals surface area contributed by atoms with E-state index in [1.807, 2.05) is 0 Å². The molecule has 3 aromatic carbocycles. The molecule has 1 fully saturated rings. The van der Waals surface area contributed by atoms with Crippen LogP contribution in [0.3, 0.4) is 0 Å². The van der Waals surface area contributed by atoms with Crippen molar-refractivity contribution in [3.8, 4) is 28.0 Å². The Labute approximate surface area is 223 Å². The predicted octanol–water partition coefficient (Wildman–Crippen LogP) is 5.14. The lowest BCUT2D eigenvalue weighted by Crippen LogP contribution is -2.38. The minimum atomic E-state index is -0.414. The van der Waals surface area contributed by atoms with E-state index in [-0.39, 0.29) is 29.1 Å². The first-order valence-corrected chi connectivity index (χ1v) is 12.4. The molecule has 1 aromatic heterocycles. The molecule has 1 saturated heterocycles. The lowest BCUT2D eigenvalue weighted by Gasteiger charge is -2.18. The average molecular weight is 531 g/mol. The van der Waals surface area contributed by atoms with Gasteiger partial charge in [-0.1, -0.05) is 41.9 Å². The minimum absolute atomic E-state index is 0.0733. The molecule has 7 nitrogen and oxygen atoms in total. The normalized spacial score (nSPS) is 14.9. The van der Waals surface area contributed by atoms with Crippen LogP contribution >= 0.6 is 11.6 Å². The SMILES string of the molecule is Nc1ncc(-c2ccccc2O)cc1C(=O)N[C@@H]1CCN(C(=O)c2ccc(-c3ccc(F)cc3Cl)cc2)C1. The van der Waals surface area contributed by atoms with E-state index < -0.39 is 11.7 Å². The Kier molecular flexibility index (Phi) is 6.98. The van der Waals surface area contributed by atoms with Crippen LogP contribution in [0.15, 0.2) is 79.0 Å². The Bertz CT molecular complexity index is 1530. The van der Waals surface area contributed by atoms with Crippen molar-refractivity contribution in [3.63, 3.8) is 0 Å². The van der Waals surface area contributed by atoms with E-state index in [2.05, 4.69) is 10.3 Å². The summed E-state index contributed by atoms with van der Waals surface area (Å²) in [5.41, 5.74) is 9.24. The number of nitrogens with two attached hydrogens (primary N) is 1. The summed E-state index contributed by atoms with van der Waals surface area (Å²) < 4.78 is 13.4. The van der Waals surface area contributed by atoms with Crippen molar-refractivity contribution in [3.05, 3.63) is 101 Å². The van der Waals surface area contributed by atoms with Crippen LogP contribution in [0.2, 0.25) is 5.02 Å². The van der Waals surface area contributed by atoms with Crippen LogP contribution in [0.1, 0.15) is 27.1 Å². The quantitative estimate of drug-likeness (QED) is 0.331. The van der Waals surface area contributed by atoms with Crippen LogP contribution in [0.25, 0.3) is 22.3 Å². The summed E-state index contributed by atoms with van der Waals surface area (Å²) in [7, 11) is 0. The van der Waals surface area contributed by atoms with Crippen molar-refractivity contribution in [1.29, 1.82) is 0 Å². The molecule has 38 heavy (non-hydrogen) atoms. The average Bonchev–Trinajstić information content (AvgIpc) is 3.37. The number of phenols is 1. The van der Waals surface area contributed by atoms with E-state index in [4.69, 9.17) is 17.3 Å². The van der Waals surface area contributed by atoms with Crippen LogP contribution in [0.4, 0.5) is 10.2 Å². The third kappa shape index (κ3) is 5.17. The molecule has 9 heteroatoms. The Morgan fingerprint density at radius 3 is 2.53 bits per heavy atom. The molecule has 0 saturated carbocycles. The topological polar surface area (TPSA) is 109 Å². The lowest BCUT2D eigenvalue weighted by molar-refractivity contribution is 0.0783. The van der Waals surface area contributed by atoms with Gasteiger partial charge in [-0.2, -0.15) is 0 Å². The van der Waals surface area contributed by atoms with Gasteiger partial charge in [-0.3, -0.25) is 9.59 Å². The zero-order valence-electron chi connectivity index (χ0n) is 20.2. The summed E-state index contributed by atoms with van der Waals surface area (Å²) in [5, 5.41) is 13.4. The first-order chi connectivity index (χ1) is 18.3. The maximum Gasteiger partial charge on any atom is 0.255 e. The number of pyridine rings is 1. The highest BCUT2D eigenvalue weighted by atomic mass is 35.5. The molecule has 192 valence electrons. The number of halogens is 2. The number of anilines is 1. The number of carbonyl (C=O) groups excluding carboxylic acids is 2. The van der Waals surface area contributed by atoms with Gasteiger partial charge >= 0.3 is 0 Å². The number of amides is 2. The second kappa shape index (κ2) is 10.5. The largest absolute Gasteiger partial charge is 0.507 e. The molecule has 0 spiro atoms. The van der Waals surface area contributed by atoms with Crippen molar-refractivity contribution in [1.82, 2.24) is 15.2 Å². The number of carbonyl (C=O) groups is 2. The molecule has 1 aliphatic rings. The van der Waals surface area contributed by atoms with Crippen LogP contribution < -0.4 is 11.1 Å². The molecule has 1 aliphatic heterocycles. The zero-order valence-corrected chi connectivity index (χ0v) is 21.0. The van der Waals surface area contributed by atoms with E-state index in [1.54, 1.807) is 65.6 Å². The fraction of sp³-hybridized carbons (Fsp3) is 0.138. The number of benzene rings is 3. The van der Waals surface area contributed by atoms with Gasteiger partial charge in [0.05, 0.1) is 10.6 Å². The van der Waals surface area contributed by atoms with Crippen molar-refractivity contribution in [2.24, 2.45) is 0 Å². The number of aromatic nitrogens is 1. The Morgan fingerprint density at radius 1 is 1.03 bits per heavy atom. The van der Waals surface area contributed by atoms with Gasteiger partial charge in [-0.15, -0.1) is 0 Å². The molecule has 1 atom stereocenters. The highest BCUT2D eigenvalue weighted by Gasteiger charge is 2.29. The van der Waals surface area contributed by atoms with Crippen LogP contribution in [-0.4, -0.2) is 45.9 Å². The first-order valence-electron chi connectivity index (χ1n) is 12.0. The number of rotatable bonds is 5. The number of hydrogen-bond acceptors (Lipinski definition) is 5. The predicted molar refractivity (Wildman–Crippen MR) is 144 cm³/mol. The maximum atomic E-state index is 13.4. The highest BCUT2D eigenvalue weighted by molar-refractivity contribution is 6.33. The summed E-state index contributed by atoms with van der Waals surface area (Å²) >= 11 is 6.16. The molecule has 4 N–H and O–H groups in total. The molecule has 2 amide bonds. The van der Waals surface area contributed by atoms with Gasteiger partial charge in [-0.05, 0) is 54.4 Å². The lowest BCUT2D eigenvalue weighted by atomic mass is 10.0. The van der Waals surface area contributed by atoms with Gasteiger partial charge in [0, 0.05) is 47.6 Å². The number of likely N-dealkylation sites (tertiary alicyclic amines) is 1. The fourth-order valence-corrected chi connectivity index (χ4v) is 4.82. The van der Waals surface area contributed by atoms with E-state index in [1.165, 1.54) is 18.3 Å². The monoisotopic (exact) mass is 530 g/mol. The van der Waals surface area contributed by atoms with Gasteiger partial charge in [0.2, 0.25) is 0 Å². The molecule has 0 unspecified atom stereocenters. The van der Waals surface area contributed by atoms with Crippen LogP contribution in [0.5, 0.6) is 5.75 Å². The number of nitrogens with one attached hydrogen (secondary N) is 1. The van der Waals surface area contributed by atoms with Gasteiger partial charge in [0.1, 0.15) is 17.4 Å². The molecule has 0 aliphatic carbocycles. The van der Waals surface area contributed by atoms with Crippen molar-refractivity contribution >= 4 is 29.2 Å². The summed E-state index contributed by atoms with van der Waals surface area (Å²) in [6.45, 7) is 0.837. The first kappa shape index (κ1) is 25.2. The smallest absolute Gasteiger partial charge is 0.255 e. The van der Waals surface area contributed by atoms with Crippen molar-refractivity contribution in [2.75, 3.05) is 18.8 Å². The van der Waals surface area contributed by atoms with Crippen LogP contribution in [-0.2, 0) is 0 Å².